The molecule has 0 spiro atoms. The van der Waals surface area contributed by atoms with Crippen LogP contribution < -0.4 is 5.43 Å². The first kappa shape index (κ1) is 15.2. The molecule has 0 amide bonds. The van der Waals surface area contributed by atoms with Crippen LogP contribution in [0.3, 0.4) is 0 Å². The highest BCUT2D eigenvalue weighted by Crippen LogP contribution is 2.35. The topological polar surface area (TPSA) is 70.2 Å². The number of hydrogen-bond donors (Lipinski definition) is 2. The highest BCUT2D eigenvalue weighted by molar-refractivity contribution is 6.35. The molecule has 0 aliphatic rings. The lowest BCUT2D eigenvalue weighted by Crippen LogP contribution is -2.16. The Kier molecular flexibility index (Phi) is 3.61. The molecule has 7 heteroatoms. The largest absolute Gasteiger partial charge is 0.477 e. The number of aromatic nitrogens is 1. The molecular formula is C16H8ClF2NO3. The van der Waals surface area contributed by atoms with Crippen LogP contribution in [0.4, 0.5) is 8.78 Å². The number of benzene rings is 2. The maximum absolute atomic E-state index is 14.1. The van der Waals surface area contributed by atoms with Gasteiger partial charge >= 0.3 is 5.97 Å². The number of fused-ring (bicyclic) bond motifs is 1. The van der Waals surface area contributed by atoms with Gasteiger partial charge in [0.25, 0.3) is 0 Å². The van der Waals surface area contributed by atoms with E-state index in [4.69, 9.17) is 16.7 Å². The minimum absolute atomic E-state index is 0.0928. The third kappa shape index (κ3) is 2.47. The molecule has 116 valence electrons. The number of aromatic amines is 1. The number of aromatic carboxylic acids is 1. The first-order chi connectivity index (χ1) is 10.9. The minimum atomic E-state index is -1.43. The normalized spacial score (nSPS) is 10.9. The van der Waals surface area contributed by atoms with Crippen molar-refractivity contribution in [2.24, 2.45) is 0 Å². The SMILES string of the molecule is O=C(O)c1c[nH]c2c(-c3cccc(F)c3)c(Cl)c(F)cc2c1=O. The van der Waals surface area contributed by atoms with Crippen LogP contribution in [0.15, 0.2) is 41.3 Å². The maximum atomic E-state index is 14.1. The molecule has 0 bridgehead atoms. The average molecular weight is 336 g/mol. The van der Waals surface area contributed by atoms with E-state index in [-0.39, 0.29) is 27.1 Å². The molecule has 0 atom stereocenters. The van der Waals surface area contributed by atoms with Crippen molar-refractivity contribution in [3.8, 4) is 11.1 Å². The van der Waals surface area contributed by atoms with Gasteiger partial charge in [-0.3, -0.25) is 4.79 Å². The number of carboxylic acids is 1. The monoisotopic (exact) mass is 335 g/mol. The van der Waals surface area contributed by atoms with Gasteiger partial charge in [0.15, 0.2) is 0 Å². The summed E-state index contributed by atoms with van der Waals surface area (Å²) in [5.41, 5.74) is -0.880. The Hall–Kier alpha value is -2.73. The molecule has 1 aromatic heterocycles. The summed E-state index contributed by atoms with van der Waals surface area (Å²) >= 11 is 5.98. The van der Waals surface area contributed by atoms with Crippen molar-refractivity contribution >= 4 is 28.5 Å². The zero-order chi connectivity index (χ0) is 16.7. The van der Waals surface area contributed by atoms with Crippen molar-refractivity contribution < 1.29 is 18.7 Å². The highest BCUT2D eigenvalue weighted by Gasteiger charge is 2.19. The van der Waals surface area contributed by atoms with Crippen molar-refractivity contribution in [3.63, 3.8) is 0 Å². The van der Waals surface area contributed by atoms with Gasteiger partial charge in [0.1, 0.15) is 17.2 Å². The summed E-state index contributed by atoms with van der Waals surface area (Å²) in [6.45, 7) is 0. The number of halogens is 3. The summed E-state index contributed by atoms with van der Waals surface area (Å²) in [7, 11) is 0. The number of H-pyrrole nitrogens is 1. The number of pyridine rings is 1. The van der Waals surface area contributed by atoms with E-state index >= 15 is 0 Å². The van der Waals surface area contributed by atoms with Crippen LogP contribution in [-0.4, -0.2) is 16.1 Å². The standard InChI is InChI=1S/C16H8ClF2NO3/c17-13-11(19)5-9-14(20-6-10(15(9)21)16(22)23)12(13)7-2-1-3-8(18)4-7/h1-6H,(H,20,21)(H,22,23). The lowest BCUT2D eigenvalue weighted by atomic mass is 10.0. The maximum Gasteiger partial charge on any atom is 0.341 e. The third-order valence-electron chi connectivity index (χ3n) is 3.41. The smallest absolute Gasteiger partial charge is 0.341 e. The lowest BCUT2D eigenvalue weighted by Gasteiger charge is -2.11. The van der Waals surface area contributed by atoms with Crippen LogP contribution in [0.25, 0.3) is 22.0 Å². The van der Waals surface area contributed by atoms with Crippen LogP contribution in [-0.2, 0) is 0 Å². The van der Waals surface area contributed by atoms with E-state index in [1.807, 2.05) is 0 Å². The molecule has 2 N–H and O–H groups in total. The second-order valence-corrected chi connectivity index (χ2v) is 5.19. The van der Waals surface area contributed by atoms with Crippen LogP contribution in [0.5, 0.6) is 0 Å². The van der Waals surface area contributed by atoms with Crippen LogP contribution >= 0.6 is 11.6 Å². The van der Waals surface area contributed by atoms with E-state index in [2.05, 4.69) is 4.98 Å². The van der Waals surface area contributed by atoms with Gasteiger partial charge < -0.3 is 10.1 Å². The quantitative estimate of drug-likeness (QED) is 0.748. The van der Waals surface area contributed by atoms with Gasteiger partial charge in [-0.2, -0.15) is 0 Å². The van der Waals surface area contributed by atoms with Crippen molar-refractivity contribution in [1.82, 2.24) is 4.98 Å². The Bertz CT molecular complexity index is 1010. The zero-order valence-electron chi connectivity index (χ0n) is 11.4. The molecule has 0 saturated heterocycles. The molecule has 3 aromatic rings. The molecule has 0 aliphatic carbocycles. The Balaban J connectivity index is 2.47. The van der Waals surface area contributed by atoms with Crippen molar-refractivity contribution in [3.05, 3.63) is 69.0 Å². The minimum Gasteiger partial charge on any atom is -0.477 e. The molecule has 0 fully saturated rings. The Labute approximate surface area is 133 Å². The van der Waals surface area contributed by atoms with Crippen LogP contribution in [0.1, 0.15) is 10.4 Å². The van der Waals surface area contributed by atoms with Crippen LogP contribution in [0, 0.1) is 11.6 Å². The summed E-state index contributed by atoms with van der Waals surface area (Å²) in [5, 5.41) is 8.52. The molecule has 0 unspecified atom stereocenters. The summed E-state index contributed by atoms with van der Waals surface area (Å²) in [6, 6.07) is 6.15. The summed E-state index contributed by atoms with van der Waals surface area (Å²) in [6.07, 6.45) is 1.00. The first-order valence-electron chi connectivity index (χ1n) is 6.42. The van der Waals surface area contributed by atoms with Gasteiger partial charge in [-0.15, -0.1) is 0 Å². The van der Waals surface area contributed by atoms with Gasteiger partial charge in [-0.25, -0.2) is 13.6 Å². The van der Waals surface area contributed by atoms with E-state index in [1.54, 1.807) is 0 Å². The summed E-state index contributed by atoms with van der Waals surface area (Å²) < 4.78 is 27.5. The van der Waals surface area contributed by atoms with Gasteiger partial charge in [0.05, 0.1) is 10.5 Å². The molecule has 3 rings (SSSR count). The lowest BCUT2D eigenvalue weighted by molar-refractivity contribution is 0.0695. The van der Waals surface area contributed by atoms with Gasteiger partial charge in [0, 0.05) is 17.1 Å². The van der Waals surface area contributed by atoms with Gasteiger partial charge in [-0.1, -0.05) is 23.7 Å². The molecule has 1 heterocycles. The number of nitrogens with one attached hydrogen (secondary N) is 1. The first-order valence-corrected chi connectivity index (χ1v) is 6.80. The molecular weight excluding hydrogens is 328 g/mol. The average Bonchev–Trinajstić information content (AvgIpc) is 2.49. The van der Waals surface area contributed by atoms with E-state index in [9.17, 15) is 18.4 Å². The molecule has 23 heavy (non-hydrogen) atoms. The van der Waals surface area contributed by atoms with E-state index in [0.29, 0.717) is 0 Å². The number of carbonyl (C=O) groups is 1. The highest BCUT2D eigenvalue weighted by atomic mass is 35.5. The fourth-order valence-corrected chi connectivity index (χ4v) is 2.64. The molecule has 0 radical (unpaired) electrons. The predicted octanol–water partition coefficient (Wildman–Crippen LogP) is 3.82. The number of hydrogen-bond acceptors (Lipinski definition) is 2. The molecule has 0 aliphatic heterocycles. The predicted molar refractivity (Wildman–Crippen MR) is 81.9 cm³/mol. The zero-order valence-corrected chi connectivity index (χ0v) is 12.1. The van der Waals surface area contributed by atoms with E-state index in [0.717, 1.165) is 18.3 Å². The fourth-order valence-electron chi connectivity index (χ4n) is 2.38. The van der Waals surface area contributed by atoms with Crippen LogP contribution in [0.2, 0.25) is 5.02 Å². The Morgan fingerprint density at radius 3 is 2.61 bits per heavy atom. The Morgan fingerprint density at radius 2 is 1.96 bits per heavy atom. The Morgan fingerprint density at radius 1 is 1.22 bits per heavy atom. The second-order valence-electron chi connectivity index (χ2n) is 4.82. The second kappa shape index (κ2) is 5.48. The van der Waals surface area contributed by atoms with Crippen molar-refractivity contribution in [2.75, 3.05) is 0 Å². The number of rotatable bonds is 2. The molecule has 2 aromatic carbocycles. The van der Waals surface area contributed by atoms with Gasteiger partial charge in [-0.05, 0) is 23.8 Å². The molecule has 0 saturated carbocycles. The number of carboxylic acid groups (broad SMARTS) is 1. The van der Waals surface area contributed by atoms with E-state index < -0.39 is 28.6 Å². The van der Waals surface area contributed by atoms with Crippen molar-refractivity contribution in [1.29, 1.82) is 0 Å². The van der Waals surface area contributed by atoms with Gasteiger partial charge in [0.2, 0.25) is 5.43 Å². The molecule has 4 nitrogen and oxygen atoms in total. The van der Waals surface area contributed by atoms with E-state index in [1.165, 1.54) is 18.2 Å². The summed E-state index contributed by atoms with van der Waals surface area (Å²) in [5.74, 6) is -2.89. The fraction of sp³-hybridized carbons (Fsp3) is 0. The van der Waals surface area contributed by atoms with Crippen molar-refractivity contribution in [2.45, 2.75) is 0 Å². The third-order valence-corrected chi connectivity index (χ3v) is 3.78. The summed E-state index contributed by atoms with van der Waals surface area (Å²) in [4.78, 5) is 25.9.